The van der Waals surface area contributed by atoms with E-state index in [9.17, 15) is 9.59 Å². The van der Waals surface area contributed by atoms with Crippen LogP contribution in [0.15, 0.2) is 41.0 Å². The predicted octanol–water partition coefficient (Wildman–Crippen LogP) is 3.57. The van der Waals surface area contributed by atoms with E-state index < -0.39 is 0 Å². The van der Waals surface area contributed by atoms with Crippen molar-refractivity contribution in [3.8, 4) is 11.5 Å². The number of carbonyl (C=O) groups excluding carboxylic acids is 2. The molecule has 0 unspecified atom stereocenters. The summed E-state index contributed by atoms with van der Waals surface area (Å²) in [5.41, 5.74) is 0.936. The number of furan rings is 1. The first-order valence-corrected chi connectivity index (χ1v) is 10.5. The molecule has 2 aromatic rings. The summed E-state index contributed by atoms with van der Waals surface area (Å²) in [5, 5.41) is 0. The Morgan fingerprint density at radius 3 is 2.57 bits per heavy atom. The van der Waals surface area contributed by atoms with Gasteiger partial charge >= 0.3 is 0 Å². The third-order valence-corrected chi connectivity index (χ3v) is 5.29. The topological polar surface area (TPSA) is 72.2 Å². The standard InChI is InChI=1S/C23H28N2O5/c1-16(2)10-22(26)25(18-6-7-18)14-23(27)24(13-19-4-3-9-28-19)12-17-5-8-20-21(11-17)30-15-29-20/h3-5,8-9,11,16,18H,6-7,10,12-15H2,1-2H3. The first-order valence-electron chi connectivity index (χ1n) is 10.5. The Balaban J connectivity index is 1.49. The molecule has 2 aliphatic rings. The highest BCUT2D eigenvalue weighted by molar-refractivity contribution is 5.85. The van der Waals surface area contributed by atoms with Crippen LogP contribution in [0.1, 0.15) is 44.4 Å². The van der Waals surface area contributed by atoms with E-state index in [0.717, 1.165) is 18.4 Å². The molecule has 0 bridgehead atoms. The Labute approximate surface area is 176 Å². The third kappa shape index (κ3) is 4.96. The van der Waals surface area contributed by atoms with Gasteiger partial charge in [-0.3, -0.25) is 9.59 Å². The zero-order valence-corrected chi connectivity index (χ0v) is 17.5. The Morgan fingerprint density at radius 1 is 1.07 bits per heavy atom. The van der Waals surface area contributed by atoms with E-state index in [1.165, 1.54) is 0 Å². The summed E-state index contributed by atoms with van der Waals surface area (Å²) in [4.78, 5) is 29.5. The van der Waals surface area contributed by atoms with Crippen molar-refractivity contribution in [1.82, 2.24) is 9.80 Å². The monoisotopic (exact) mass is 412 g/mol. The third-order valence-electron chi connectivity index (χ3n) is 5.29. The normalized spacial score (nSPS) is 14.8. The maximum Gasteiger partial charge on any atom is 0.242 e. The van der Waals surface area contributed by atoms with Gasteiger partial charge in [0.25, 0.3) is 0 Å². The molecule has 2 heterocycles. The van der Waals surface area contributed by atoms with Gasteiger partial charge in [0.05, 0.1) is 12.8 Å². The van der Waals surface area contributed by atoms with Crippen molar-refractivity contribution >= 4 is 11.8 Å². The fourth-order valence-corrected chi connectivity index (χ4v) is 3.60. The fourth-order valence-electron chi connectivity index (χ4n) is 3.60. The van der Waals surface area contributed by atoms with Crippen molar-refractivity contribution in [3.05, 3.63) is 47.9 Å². The van der Waals surface area contributed by atoms with Crippen molar-refractivity contribution in [2.24, 2.45) is 5.92 Å². The summed E-state index contributed by atoms with van der Waals surface area (Å²) in [6, 6.07) is 9.53. The molecule has 1 fully saturated rings. The smallest absolute Gasteiger partial charge is 0.242 e. The van der Waals surface area contributed by atoms with Gasteiger partial charge in [0.15, 0.2) is 11.5 Å². The van der Waals surface area contributed by atoms with Gasteiger partial charge in [0.1, 0.15) is 12.3 Å². The highest BCUT2D eigenvalue weighted by Crippen LogP contribution is 2.33. The molecule has 1 aliphatic heterocycles. The van der Waals surface area contributed by atoms with E-state index in [4.69, 9.17) is 13.9 Å². The van der Waals surface area contributed by atoms with E-state index in [0.29, 0.717) is 36.8 Å². The number of rotatable bonds is 9. The van der Waals surface area contributed by atoms with E-state index in [1.807, 2.05) is 38.1 Å². The number of hydrogen-bond donors (Lipinski definition) is 0. The van der Waals surface area contributed by atoms with Crippen LogP contribution in [-0.2, 0) is 22.7 Å². The maximum absolute atomic E-state index is 13.3. The molecule has 1 aliphatic carbocycles. The second-order valence-corrected chi connectivity index (χ2v) is 8.37. The minimum absolute atomic E-state index is 0.0573. The van der Waals surface area contributed by atoms with Gasteiger partial charge in [-0.25, -0.2) is 0 Å². The number of benzene rings is 1. The van der Waals surface area contributed by atoms with Crippen LogP contribution in [0, 0.1) is 5.92 Å². The fraction of sp³-hybridized carbons (Fsp3) is 0.478. The number of hydrogen-bond acceptors (Lipinski definition) is 5. The van der Waals surface area contributed by atoms with Gasteiger partial charge in [0, 0.05) is 19.0 Å². The van der Waals surface area contributed by atoms with Gasteiger partial charge in [-0.15, -0.1) is 0 Å². The van der Waals surface area contributed by atoms with E-state index in [1.54, 1.807) is 22.1 Å². The lowest BCUT2D eigenvalue weighted by Crippen LogP contribution is -2.43. The number of fused-ring (bicyclic) bond motifs is 1. The highest BCUT2D eigenvalue weighted by atomic mass is 16.7. The van der Waals surface area contributed by atoms with Gasteiger partial charge in [-0.05, 0) is 48.6 Å². The zero-order valence-electron chi connectivity index (χ0n) is 17.5. The molecule has 1 aromatic heterocycles. The number of ether oxygens (including phenoxy) is 2. The van der Waals surface area contributed by atoms with Crippen LogP contribution >= 0.6 is 0 Å². The van der Waals surface area contributed by atoms with E-state index in [2.05, 4.69) is 0 Å². The second-order valence-electron chi connectivity index (χ2n) is 8.37. The maximum atomic E-state index is 13.3. The summed E-state index contributed by atoms with van der Waals surface area (Å²) in [6.07, 6.45) is 4.00. The molecule has 0 saturated heterocycles. The van der Waals surface area contributed by atoms with E-state index >= 15 is 0 Å². The van der Waals surface area contributed by atoms with Crippen molar-refractivity contribution < 1.29 is 23.5 Å². The summed E-state index contributed by atoms with van der Waals surface area (Å²) in [7, 11) is 0. The quantitative estimate of drug-likeness (QED) is 0.630. The molecule has 0 spiro atoms. The summed E-state index contributed by atoms with van der Waals surface area (Å²) in [5.74, 6) is 2.33. The van der Waals surface area contributed by atoms with Crippen molar-refractivity contribution in [2.45, 2.75) is 52.2 Å². The Kier molecular flexibility index (Phi) is 5.97. The molecule has 7 nitrogen and oxygen atoms in total. The molecule has 160 valence electrons. The van der Waals surface area contributed by atoms with Gasteiger partial charge in [0.2, 0.25) is 18.6 Å². The molecule has 7 heteroatoms. The first-order chi connectivity index (χ1) is 14.5. The molecule has 0 N–H and O–H groups in total. The first kappa shape index (κ1) is 20.3. The van der Waals surface area contributed by atoms with Crippen molar-refractivity contribution in [3.63, 3.8) is 0 Å². The van der Waals surface area contributed by atoms with Crippen LogP contribution in [-0.4, -0.2) is 41.0 Å². The van der Waals surface area contributed by atoms with Crippen LogP contribution in [0.5, 0.6) is 11.5 Å². The summed E-state index contributed by atoms with van der Waals surface area (Å²) >= 11 is 0. The molecular weight excluding hydrogens is 384 g/mol. The Bertz CT molecular complexity index is 889. The van der Waals surface area contributed by atoms with Crippen LogP contribution in [0.4, 0.5) is 0 Å². The zero-order chi connectivity index (χ0) is 21.1. The molecule has 1 saturated carbocycles. The molecule has 0 atom stereocenters. The lowest BCUT2D eigenvalue weighted by molar-refractivity contribution is -0.142. The number of carbonyl (C=O) groups is 2. The number of nitrogens with zero attached hydrogens (tertiary/aromatic N) is 2. The van der Waals surface area contributed by atoms with Gasteiger partial charge in [-0.1, -0.05) is 19.9 Å². The number of amides is 2. The molecule has 1 aromatic carbocycles. The molecule has 0 radical (unpaired) electrons. The van der Waals surface area contributed by atoms with Crippen LogP contribution in [0.25, 0.3) is 0 Å². The van der Waals surface area contributed by atoms with Crippen LogP contribution < -0.4 is 9.47 Å². The molecule has 30 heavy (non-hydrogen) atoms. The summed E-state index contributed by atoms with van der Waals surface area (Å²) < 4.78 is 16.3. The van der Waals surface area contributed by atoms with Gasteiger partial charge in [-0.2, -0.15) is 0 Å². The van der Waals surface area contributed by atoms with Crippen LogP contribution in [0.3, 0.4) is 0 Å². The Hall–Kier alpha value is -2.96. The molecule has 4 rings (SSSR count). The Morgan fingerprint density at radius 2 is 1.87 bits per heavy atom. The molecule has 2 amide bonds. The highest BCUT2D eigenvalue weighted by Gasteiger charge is 2.35. The average Bonchev–Trinajstić information content (AvgIpc) is 3.21. The van der Waals surface area contributed by atoms with Gasteiger partial charge < -0.3 is 23.7 Å². The van der Waals surface area contributed by atoms with Crippen molar-refractivity contribution in [1.29, 1.82) is 0 Å². The van der Waals surface area contributed by atoms with E-state index in [-0.39, 0.29) is 37.1 Å². The van der Waals surface area contributed by atoms with Crippen molar-refractivity contribution in [2.75, 3.05) is 13.3 Å². The lowest BCUT2D eigenvalue weighted by Gasteiger charge is -2.28. The second kappa shape index (κ2) is 8.81. The minimum Gasteiger partial charge on any atom is -0.467 e. The van der Waals surface area contributed by atoms with Crippen LogP contribution in [0.2, 0.25) is 0 Å². The lowest BCUT2D eigenvalue weighted by atomic mass is 10.1. The largest absolute Gasteiger partial charge is 0.467 e. The minimum atomic E-state index is -0.0897. The average molecular weight is 412 g/mol. The predicted molar refractivity (Wildman–Crippen MR) is 110 cm³/mol. The SMILES string of the molecule is CC(C)CC(=O)N(CC(=O)N(Cc1ccc2c(c1)OCO2)Cc1ccco1)C1CC1. The summed E-state index contributed by atoms with van der Waals surface area (Å²) in [6.45, 7) is 5.09. The molecular formula is C23H28N2O5.